The van der Waals surface area contributed by atoms with E-state index >= 15 is 0 Å². The van der Waals surface area contributed by atoms with Gasteiger partial charge in [-0.3, -0.25) is 4.68 Å². The minimum atomic E-state index is 0.635. The van der Waals surface area contributed by atoms with Gasteiger partial charge < -0.3 is 0 Å². The molecule has 0 N–H and O–H groups in total. The smallest absolute Gasteiger partial charge is 0.253 e. The van der Waals surface area contributed by atoms with E-state index in [2.05, 4.69) is 25.1 Å². The average molecular weight is 261 g/mol. The Bertz CT molecular complexity index is 585. The van der Waals surface area contributed by atoms with Gasteiger partial charge in [0.2, 0.25) is 5.16 Å². The standard InChI is InChI=1S/C10H11N7S/c1-3-12-9-14-10(15-17(9)5-1)18-6-2-4-16-8-11-7-13-16/h1,3,5,7-8H,2,4,6H2. The Morgan fingerprint density at radius 2 is 2.33 bits per heavy atom. The van der Waals surface area contributed by atoms with Crippen molar-refractivity contribution < 1.29 is 0 Å². The number of hydrogen-bond acceptors (Lipinski definition) is 6. The third-order valence-corrected chi connectivity index (χ3v) is 3.25. The molecular formula is C10H11N7S. The number of thioether (sulfide) groups is 1. The fraction of sp³-hybridized carbons (Fsp3) is 0.300. The Morgan fingerprint density at radius 1 is 1.33 bits per heavy atom. The van der Waals surface area contributed by atoms with Gasteiger partial charge in [0, 0.05) is 24.7 Å². The zero-order valence-electron chi connectivity index (χ0n) is 9.55. The molecule has 0 saturated heterocycles. The van der Waals surface area contributed by atoms with Crippen LogP contribution in [0.15, 0.2) is 36.3 Å². The molecule has 8 heteroatoms. The van der Waals surface area contributed by atoms with E-state index in [0.29, 0.717) is 5.78 Å². The van der Waals surface area contributed by atoms with E-state index in [-0.39, 0.29) is 0 Å². The fourth-order valence-electron chi connectivity index (χ4n) is 1.51. The Labute approximate surface area is 107 Å². The highest BCUT2D eigenvalue weighted by molar-refractivity contribution is 7.99. The van der Waals surface area contributed by atoms with Crippen molar-refractivity contribution in [3.05, 3.63) is 31.1 Å². The molecule has 0 spiro atoms. The lowest BCUT2D eigenvalue weighted by atomic mass is 10.5. The van der Waals surface area contributed by atoms with Crippen molar-refractivity contribution >= 4 is 17.5 Å². The van der Waals surface area contributed by atoms with Crippen LogP contribution >= 0.6 is 11.8 Å². The summed E-state index contributed by atoms with van der Waals surface area (Å²) in [5.74, 6) is 1.58. The predicted molar refractivity (Wildman–Crippen MR) is 66.1 cm³/mol. The molecule has 18 heavy (non-hydrogen) atoms. The highest BCUT2D eigenvalue weighted by atomic mass is 32.2. The molecule has 0 fully saturated rings. The summed E-state index contributed by atoms with van der Waals surface area (Å²) in [6, 6.07) is 1.83. The monoisotopic (exact) mass is 261 g/mol. The fourth-order valence-corrected chi connectivity index (χ4v) is 2.26. The average Bonchev–Trinajstić information content (AvgIpc) is 3.03. The van der Waals surface area contributed by atoms with Crippen LogP contribution in [-0.2, 0) is 6.54 Å². The van der Waals surface area contributed by atoms with Crippen LogP contribution in [0.2, 0.25) is 0 Å². The van der Waals surface area contributed by atoms with Crippen LogP contribution in [-0.4, -0.2) is 40.1 Å². The second kappa shape index (κ2) is 5.13. The van der Waals surface area contributed by atoms with E-state index in [9.17, 15) is 0 Å². The first-order chi connectivity index (χ1) is 8.92. The van der Waals surface area contributed by atoms with Gasteiger partial charge in [-0.25, -0.2) is 14.5 Å². The van der Waals surface area contributed by atoms with Gasteiger partial charge in [0.25, 0.3) is 5.78 Å². The van der Waals surface area contributed by atoms with E-state index in [1.165, 1.54) is 0 Å². The maximum absolute atomic E-state index is 4.32. The lowest BCUT2D eigenvalue weighted by Crippen LogP contribution is -1.99. The third-order valence-electron chi connectivity index (χ3n) is 2.33. The van der Waals surface area contributed by atoms with Crippen LogP contribution in [0.25, 0.3) is 5.78 Å². The van der Waals surface area contributed by atoms with Crippen LogP contribution in [0.1, 0.15) is 6.42 Å². The van der Waals surface area contributed by atoms with E-state index in [0.717, 1.165) is 23.9 Å². The molecule has 0 aliphatic rings. The van der Waals surface area contributed by atoms with Crippen molar-refractivity contribution in [3.8, 4) is 0 Å². The van der Waals surface area contributed by atoms with E-state index in [4.69, 9.17) is 0 Å². The normalized spacial score (nSPS) is 11.1. The van der Waals surface area contributed by atoms with Gasteiger partial charge >= 0.3 is 0 Å². The zero-order chi connectivity index (χ0) is 12.2. The van der Waals surface area contributed by atoms with E-state index < -0.39 is 0 Å². The maximum atomic E-state index is 4.32. The number of nitrogens with zero attached hydrogens (tertiary/aromatic N) is 7. The largest absolute Gasteiger partial charge is 0.253 e. The second-order valence-corrected chi connectivity index (χ2v) is 4.68. The molecule has 3 rings (SSSR count). The molecule has 0 unspecified atom stereocenters. The summed E-state index contributed by atoms with van der Waals surface area (Å²) in [5, 5.41) is 9.12. The highest BCUT2D eigenvalue weighted by Gasteiger charge is 2.03. The van der Waals surface area contributed by atoms with Crippen LogP contribution in [0.4, 0.5) is 0 Å². The molecule has 3 aromatic rings. The van der Waals surface area contributed by atoms with Crippen molar-refractivity contribution in [2.24, 2.45) is 0 Å². The summed E-state index contributed by atoms with van der Waals surface area (Å²) in [4.78, 5) is 12.3. The number of rotatable bonds is 5. The molecule has 0 saturated carbocycles. The summed E-state index contributed by atoms with van der Waals surface area (Å²) >= 11 is 1.62. The molecule has 0 bridgehead atoms. The van der Waals surface area contributed by atoms with Gasteiger partial charge in [-0.15, -0.1) is 5.10 Å². The first-order valence-electron chi connectivity index (χ1n) is 5.54. The lowest BCUT2D eigenvalue weighted by molar-refractivity contribution is 0.604. The molecule has 0 aliphatic carbocycles. The van der Waals surface area contributed by atoms with Gasteiger partial charge in [-0.2, -0.15) is 10.1 Å². The van der Waals surface area contributed by atoms with Crippen LogP contribution < -0.4 is 0 Å². The van der Waals surface area contributed by atoms with Crippen molar-refractivity contribution in [1.82, 2.24) is 34.3 Å². The molecule has 0 atom stereocenters. The van der Waals surface area contributed by atoms with Crippen molar-refractivity contribution in [1.29, 1.82) is 0 Å². The molecule has 3 aromatic heterocycles. The van der Waals surface area contributed by atoms with E-state index in [1.807, 2.05) is 16.9 Å². The molecule has 0 aromatic carbocycles. The third kappa shape index (κ3) is 2.48. The van der Waals surface area contributed by atoms with Crippen molar-refractivity contribution in [2.75, 3.05) is 5.75 Å². The molecule has 0 amide bonds. The van der Waals surface area contributed by atoms with Crippen molar-refractivity contribution in [2.45, 2.75) is 18.1 Å². The zero-order valence-corrected chi connectivity index (χ0v) is 10.4. The molecular weight excluding hydrogens is 250 g/mol. The summed E-state index contributed by atoms with van der Waals surface area (Å²) in [5.41, 5.74) is 0. The Morgan fingerprint density at radius 3 is 3.17 bits per heavy atom. The van der Waals surface area contributed by atoms with Gasteiger partial charge in [-0.05, 0) is 12.5 Å². The molecule has 0 radical (unpaired) electrons. The van der Waals surface area contributed by atoms with Gasteiger partial charge in [0.05, 0.1) is 0 Å². The number of fused-ring (bicyclic) bond motifs is 1. The summed E-state index contributed by atoms with van der Waals surface area (Å²) in [6.45, 7) is 0.860. The predicted octanol–water partition coefficient (Wildman–Crippen LogP) is 0.898. The maximum Gasteiger partial charge on any atom is 0.253 e. The van der Waals surface area contributed by atoms with Crippen LogP contribution in [0.3, 0.4) is 0 Å². The summed E-state index contributed by atoms with van der Waals surface area (Å²) in [7, 11) is 0. The van der Waals surface area contributed by atoms with Gasteiger partial charge in [-0.1, -0.05) is 11.8 Å². The first kappa shape index (κ1) is 11.1. The van der Waals surface area contributed by atoms with Gasteiger partial charge in [0.15, 0.2) is 0 Å². The molecule has 3 heterocycles. The van der Waals surface area contributed by atoms with Gasteiger partial charge in [0.1, 0.15) is 12.7 Å². The number of aryl methyl sites for hydroxylation is 1. The Kier molecular flexibility index (Phi) is 3.18. The lowest BCUT2D eigenvalue weighted by Gasteiger charge is -1.98. The second-order valence-electron chi connectivity index (χ2n) is 3.62. The Hall–Kier alpha value is -1.96. The minimum Gasteiger partial charge on any atom is -0.253 e. The highest BCUT2D eigenvalue weighted by Crippen LogP contribution is 2.14. The first-order valence-corrected chi connectivity index (χ1v) is 6.53. The summed E-state index contributed by atoms with van der Waals surface area (Å²) < 4.78 is 3.50. The Balaban J connectivity index is 1.53. The molecule has 7 nitrogen and oxygen atoms in total. The number of aromatic nitrogens is 7. The van der Waals surface area contributed by atoms with Crippen LogP contribution in [0, 0.1) is 0 Å². The minimum absolute atomic E-state index is 0.635. The topological polar surface area (TPSA) is 73.8 Å². The SMILES string of the molecule is c1cnc2nc(SCCCn3cncn3)nn2c1. The quantitative estimate of drug-likeness (QED) is 0.502. The van der Waals surface area contributed by atoms with E-state index in [1.54, 1.807) is 35.1 Å². The van der Waals surface area contributed by atoms with Crippen LogP contribution in [0.5, 0.6) is 0 Å². The van der Waals surface area contributed by atoms with Crippen molar-refractivity contribution in [3.63, 3.8) is 0 Å². The molecule has 92 valence electrons. The summed E-state index contributed by atoms with van der Waals surface area (Å²) in [6.07, 6.45) is 7.81. The number of hydrogen-bond donors (Lipinski definition) is 0. The molecule has 0 aliphatic heterocycles.